The summed E-state index contributed by atoms with van der Waals surface area (Å²) in [5, 5.41) is 0. The van der Waals surface area contributed by atoms with Gasteiger partial charge in [-0.15, -0.1) is 0 Å². The van der Waals surface area contributed by atoms with Gasteiger partial charge in [-0.1, -0.05) is 18.6 Å². The van der Waals surface area contributed by atoms with E-state index in [1.807, 2.05) is 12.1 Å². The first-order valence-corrected chi connectivity index (χ1v) is 6.63. The molecule has 0 radical (unpaired) electrons. The predicted molar refractivity (Wildman–Crippen MR) is 69.7 cm³/mol. The number of Topliss-reactive ketones (excluding diaryl/α,β-unsaturated/α-hetero) is 1. The Morgan fingerprint density at radius 2 is 2.24 bits per heavy atom. The lowest BCUT2D eigenvalue weighted by Crippen LogP contribution is -2.31. The highest BCUT2D eigenvalue weighted by atomic mass is 16.1. The topological polar surface area (TPSA) is 20.3 Å². The van der Waals surface area contributed by atoms with Crippen molar-refractivity contribution in [2.75, 3.05) is 18.0 Å². The second kappa shape index (κ2) is 4.17. The average molecular weight is 229 g/mol. The zero-order chi connectivity index (χ0) is 11.8. The molecule has 0 amide bonds. The van der Waals surface area contributed by atoms with Crippen LogP contribution in [0.4, 0.5) is 5.69 Å². The number of ketones is 1. The minimum absolute atomic E-state index is 0.201. The molecule has 0 saturated heterocycles. The number of nitrogens with zero attached hydrogens (tertiary/aromatic N) is 1. The van der Waals surface area contributed by atoms with Crippen LogP contribution < -0.4 is 4.90 Å². The van der Waals surface area contributed by atoms with Crippen molar-refractivity contribution in [2.45, 2.75) is 32.6 Å². The molecule has 0 spiro atoms. The van der Waals surface area contributed by atoms with Crippen molar-refractivity contribution in [3.8, 4) is 0 Å². The smallest absolute Gasteiger partial charge is 0.160 e. The van der Waals surface area contributed by atoms with Crippen molar-refractivity contribution >= 4 is 11.5 Å². The number of hydrogen-bond donors (Lipinski definition) is 0. The number of fused-ring (bicyclic) bond motifs is 1. The maximum Gasteiger partial charge on any atom is 0.160 e. The van der Waals surface area contributed by atoms with Crippen LogP contribution in [0.25, 0.3) is 0 Å². The van der Waals surface area contributed by atoms with Crippen LogP contribution in [-0.4, -0.2) is 18.9 Å². The van der Waals surface area contributed by atoms with Crippen molar-refractivity contribution in [3.63, 3.8) is 0 Å². The highest BCUT2D eigenvalue weighted by Gasteiger charge is 2.27. The molecule has 0 aromatic heterocycles. The number of benzene rings is 1. The van der Waals surface area contributed by atoms with Gasteiger partial charge < -0.3 is 4.90 Å². The lowest BCUT2D eigenvalue weighted by molar-refractivity contribution is 0.101. The molecule has 1 aliphatic heterocycles. The molecular formula is C15H19NO. The highest BCUT2D eigenvalue weighted by Crippen LogP contribution is 2.35. The van der Waals surface area contributed by atoms with Gasteiger partial charge in [0, 0.05) is 24.3 Å². The fourth-order valence-electron chi connectivity index (χ4n) is 3.01. The van der Waals surface area contributed by atoms with E-state index in [-0.39, 0.29) is 5.78 Å². The quantitative estimate of drug-likeness (QED) is 0.742. The van der Waals surface area contributed by atoms with Crippen LogP contribution in [0.15, 0.2) is 18.2 Å². The molecule has 0 atom stereocenters. The molecule has 17 heavy (non-hydrogen) atoms. The third kappa shape index (κ3) is 1.86. The molecule has 2 nitrogen and oxygen atoms in total. The molecule has 1 saturated carbocycles. The molecule has 1 aliphatic carbocycles. The Hall–Kier alpha value is -1.31. The maximum absolute atomic E-state index is 11.6. The van der Waals surface area contributed by atoms with Crippen molar-refractivity contribution in [3.05, 3.63) is 29.3 Å². The lowest BCUT2D eigenvalue weighted by Gasteiger charge is -2.31. The summed E-state index contributed by atoms with van der Waals surface area (Å²) in [6.45, 7) is 3.95. The van der Waals surface area contributed by atoms with Gasteiger partial charge in [0.25, 0.3) is 0 Å². The number of anilines is 1. The molecule has 2 aliphatic rings. The predicted octanol–water partition coefficient (Wildman–Crippen LogP) is 3.05. The number of rotatable bonds is 3. The van der Waals surface area contributed by atoms with Gasteiger partial charge >= 0.3 is 0 Å². The molecule has 3 rings (SSSR count). The van der Waals surface area contributed by atoms with Crippen LogP contribution >= 0.6 is 0 Å². The Bertz CT molecular complexity index is 448. The number of carbonyl (C=O) groups is 1. The highest BCUT2D eigenvalue weighted by molar-refractivity contribution is 5.97. The van der Waals surface area contributed by atoms with E-state index in [1.165, 1.54) is 37.1 Å². The summed E-state index contributed by atoms with van der Waals surface area (Å²) in [7, 11) is 0. The van der Waals surface area contributed by atoms with E-state index in [1.54, 1.807) is 6.92 Å². The first-order valence-electron chi connectivity index (χ1n) is 6.63. The van der Waals surface area contributed by atoms with Gasteiger partial charge in [0.1, 0.15) is 0 Å². The second-order valence-electron chi connectivity index (χ2n) is 5.35. The molecule has 1 heterocycles. The van der Waals surface area contributed by atoms with E-state index in [4.69, 9.17) is 0 Å². The maximum atomic E-state index is 11.6. The van der Waals surface area contributed by atoms with Crippen molar-refractivity contribution in [1.82, 2.24) is 0 Å². The minimum atomic E-state index is 0.201. The van der Waals surface area contributed by atoms with Gasteiger partial charge in [0.05, 0.1) is 0 Å². The van der Waals surface area contributed by atoms with Gasteiger partial charge in [-0.3, -0.25) is 4.79 Å². The van der Waals surface area contributed by atoms with E-state index in [0.29, 0.717) is 0 Å². The van der Waals surface area contributed by atoms with Crippen molar-refractivity contribution in [1.29, 1.82) is 0 Å². The van der Waals surface area contributed by atoms with Gasteiger partial charge in [-0.25, -0.2) is 0 Å². The van der Waals surface area contributed by atoms with Gasteiger partial charge in [0.2, 0.25) is 0 Å². The summed E-state index contributed by atoms with van der Waals surface area (Å²) < 4.78 is 0. The minimum Gasteiger partial charge on any atom is -0.371 e. The summed E-state index contributed by atoms with van der Waals surface area (Å²) in [5.74, 6) is 1.09. The van der Waals surface area contributed by atoms with Crippen molar-refractivity contribution in [2.24, 2.45) is 5.92 Å². The van der Waals surface area contributed by atoms with E-state index >= 15 is 0 Å². The molecule has 90 valence electrons. The second-order valence-corrected chi connectivity index (χ2v) is 5.35. The molecule has 2 heteroatoms. The number of carbonyl (C=O) groups excluding carboxylic acids is 1. The van der Waals surface area contributed by atoms with Gasteiger partial charge in [0.15, 0.2) is 5.78 Å². The normalized spacial score (nSPS) is 19.0. The molecule has 1 aromatic rings. The Balaban J connectivity index is 1.86. The van der Waals surface area contributed by atoms with E-state index < -0.39 is 0 Å². The zero-order valence-corrected chi connectivity index (χ0v) is 10.4. The van der Waals surface area contributed by atoms with Gasteiger partial charge in [-0.05, 0) is 43.7 Å². The Morgan fingerprint density at radius 3 is 2.88 bits per heavy atom. The first kappa shape index (κ1) is 10.8. The monoisotopic (exact) mass is 229 g/mol. The average Bonchev–Trinajstić information content (AvgIpc) is 2.66. The molecular weight excluding hydrogens is 210 g/mol. The summed E-state index contributed by atoms with van der Waals surface area (Å²) in [6, 6.07) is 6.16. The zero-order valence-electron chi connectivity index (χ0n) is 10.4. The Kier molecular flexibility index (Phi) is 2.65. The Labute approximate surface area is 103 Å². The van der Waals surface area contributed by atoms with Gasteiger partial charge in [-0.2, -0.15) is 0 Å². The SMILES string of the molecule is CC(=O)c1cccc2c1CCN2CC1CCC1. The molecule has 0 bridgehead atoms. The largest absolute Gasteiger partial charge is 0.371 e. The van der Waals surface area contributed by atoms with Crippen molar-refractivity contribution < 1.29 is 4.79 Å². The Morgan fingerprint density at radius 1 is 1.41 bits per heavy atom. The van der Waals surface area contributed by atoms with E-state index in [9.17, 15) is 4.79 Å². The third-order valence-electron chi connectivity index (χ3n) is 4.21. The number of hydrogen-bond acceptors (Lipinski definition) is 2. The molecule has 0 N–H and O–H groups in total. The van der Waals surface area contributed by atoms with Crippen LogP contribution in [0.2, 0.25) is 0 Å². The molecule has 0 unspecified atom stereocenters. The van der Waals surface area contributed by atoms with Crippen LogP contribution in [-0.2, 0) is 6.42 Å². The standard InChI is InChI=1S/C15H19NO/c1-11(17)13-6-3-7-15-14(13)8-9-16(15)10-12-4-2-5-12/h3,6-7,12H,2,4-5,8-10H2,1H3. The van der Waals surface area contributed by atoms with Crippen LogP contribution in [0.3, 0.4) is 0 Å². The first-order chi connectivity index (χ1) is 8.25. The van der Waals surface area contributed by atoms with E-state index in [0.717, 1.165) is 24.4 Å². The summed E-state index contributed by atoms with van der Waals surface area (Å²) in [4.78, 5) is 14.1. The molecule has 1 fully saturated rings. The van der Waals surface area contributed by atoms with Crippen LogP contribution in [0.5, 0.6) is 0 Å². The fourth-order valence-corrected chi connectivity index (χ4v) is 3.01. The van der Waals surface area contributed by atoms with Crippen LogP contribution in [0.1, 0.15) is 42.1 Å². The third-order valence-corrected chi connectivity index (χ3v) is 4.21. The lowest BCUT2D eigenvalue weighted by atomic mass is 9.85. The van der Waals surface area contributed by atoms with Crippen LogP contribution in [0, 0.1) is 5.92 Å². The summed E-state index contributed by atoms with van der Waals surface area (Å²) in [6.07, 6.45) is 5.22. The van der Waals surface area contributed by atoms with E-state index in [2.05, 4.69) is 11.0 Å². The molecule has 1 aromatic carbocycles. The summed E-state index contributed by atoms with van der Waals surface area (Å²) in [5.41, 5.74) is 3.52. The summed E-state index contributed by atoms with van der Waals surface area (Å²) >= 11 is 0. The fraction of sp³-hybridized carbons (Fsp3) is 0.533.